The number of methoxy groups -OCH3 is 2. The number of ether oxygens (including phenoxy) is 2. The van der Waals surface area contributed by atoms with Gasteiger partial charge in [0.05, 0.1) is 14.2 Å². The lowest BCUT2D eigenvalue weighted by atomic mass is 9.98. The summed E-state index contributed by atoms with van der Waals surface area (Å²) < 4.78 is 10.8. The van der Waals surface area contributed by atoms with Crippen LogP contribution in [0.25, 0.3) is 0 Å². The molecule has 0 fully saturated rings. The molecule has 0 saturated carbocycles. The monoisotopic (exact) mass is 206 g/mol. The highest BCUT2D eigenvalue weighted by Gasteiger charge is 2.26. The Morgan fingerprint density at radius 2 is 2.00 bits per heavy atom. The van der Waals surface area contributed by atoms with Crippen LogP contribution in [0.5, 0.6) is 11.5 Å². The molecule has 1 aromatic carbocycles. The molecule has 1 unspecified atom stereocenters. The minimum Gasteiger partial charge on any atom is -0.493 e. The molecule has 15 heavy (non-hydrogen) atoms. The van der Waals surface area contributed by atoms with Gasteiger partial charge in [0.1, 0.15) is 0 Å². The Morgan fingerprint density at radius 3 is 2.60 bits per heavy atom. The summed E-state index contributed by atoms with van der Waals surface area (Å²) in [5.41, 5.74) is 4.14. The van der Waals surface area contributed by atoms with Gasteiger partial charge in [0.2, 0.25) is 0 Å². The molecular weight excluding hydrogens is 188 g/mol. The molecule has 2 nitrogen and oxygen atoms in total. The quantitative estimate of drug-likeness (QED) is 0.740. The molecule has 0 saturated heterocycles. The van der Waals surface area contributed by atoms with Crippen LogP contribution in [0.1, 0.15) is 36.0 Å². The smallest absolute Gasteiger partial charge is 0.164 e. The fraction of sp³-hybridized carbons (Fsp3) is 0.538. The van der Waals surface area contributed by atoms with Crippen LogP contribution in [0.3, 0.4) is 0 Å². The van der Waals surface area contributed by atoms with Gasteiger partial charge < -0.3 is 9.47 Å². The predicted octanol–water partition coefficient (Wildman–Crippen LogP) is 3.06. The van der Waals surface area contributed by atoms with Crippen LogP contribution in [0.2, 0.25) is 0 Å². The Hall–Kier alpha value is -1.18. The van der Waals surface area contributed by atoms with Crippen molar-refractivity contribution in [3.05, 3.63) is 22.8 Å². The largest absolute Gasteiger partial charge is 0.493 e. The second-order valence-electron chi connectivity index (χ2n) is 4.26. The minimum absolute atomic E-state index is 0.587. The van der Waals surface area contributed by atoms with E-state index >= 15 is 0 Å². The lowest BCUT2D eigenvalue weighted by Crippen LogP contribution is -1.99. The summed E-state index contributed by atoms with van der Waals surface area (Å²) in [5.74, 6) is 2.38. The van der Waals surface area contributed by atoms with Gasteiger partial charge in [0.15, 0.2) is 11.5 Å². The van der Waals surface area contributed by atoms with Crippen molar-refractivity contribution in [1.29, 1.82) is 0 Å². The molecule has 1 atom stereocenters. The molecule has 1 aromatic rings. The number of hydrogen-bond donors (Lipinski definition) is 0. The third-order valence-corrected chi connectivity index (χ3v) is 3.36. The molecule has 0 aliphatic heterocycles. The maximum Gasteiger partial charge on any atom is 0.164 e. The van der Waals surface area contributed by atoms with Gasteiger partial charge in [-0.25, -0.2) is 0 Å². The topological polar surface area (TPSA) is 18.5 Å². The minimum atomic E-state index is 0.587. The van der Waals surface area contributed by atoms with E-state index in [-0.39, 0.29) is 0 Å². The van der Waals surface area contributed by atoms with Gasteiger partial charge in [-0.05, 0) is 42.9 Å². The van der Waals surface area contributed by atoms with E-state index in [9.17, 15) is 0 Å². The molecule has 0 bridgehead atoms. The molecule has 2 heteroatoms. The van der Waals surface area contributed by atoms with Gasteiger partial charge in [0, 0.05) is 5.56 Å². The lowest BCUT2D eigenvalue weighted by Gasteiger charge is -2.16. The van der Waals surface area contributed by atoms with E-state index in [1.807, 2.05) is 0 Å². The predicted molar refractivity (Wildman–Crippen MR) is 61.0 cm³/mol. The van der Waals surface area contributed by atoms with Crippen LogP contribution < -0.4 is 9.47 Å². The standard InChI is InChI=1S/C13H18O2/c1-8-5-6-10-9(2)7-11(14-3)13(15-4)12(8)10/h7-8H,5-6H2,1-4H3. The number of rotatable bonds is 2. The van der Waals surface area contributed by atoms with E-state index in [4.69, 9.17) is 9.47 Å². The van der Waals surface area contributed by atoms with Crippen molar-refractivity contribution in [2.24, 2.45) is 0 Å². The number of aryl methyl sites for hydroxylation is 1. The molecular formula is C13H18O2. The van der Waals surface area contributed by atoms with E-state index in [1.54, 1.807) is 14.2 Å². The first-order valence-electron chi connectivity index (χ1n) is 5.43. The Labute approximate surface area is 91.2 Å². The van der Waals surface area contributed by atoms with Crippen LogP contribution in [0.15, 0.2) is 6.07 Å². The Bertz CT molecular complexity index is 383. The molecule has 1 aliphatic carbocycles. The van der Waals surface area contributed by atoms with Gasteiger partial charge in [-0.1, -0.05) is 6.92 Å². The second kappa shape index (κ2) is 3.76. The van der Waals surface area contributed by atoms with Gasteiger partial charge in [-0.15, -0.1) is 0 Å². The van der Waals surface area contributed by atoms with Crippen molar-refractivity contribution >= 4 is 0 Å². The lowest BCUT2D eigenvalue weighted by molar-refractivity contribution is 0.350. The summed E-state index contributed by atoms with van der Waals surface area (Å²) in [6.45, 7) is 4.41. The fourth-order valence-corrected chi connectivity index (χ4v) is 2.55. The van der Waals surface area contributed by atoms with Crippen molar-refractivity contribution < 1.29 is 9.47 Å². The van der Waals surface area contributed by atoms with Crippen molar-refractivity contribution in [3.8, 4) is 11.5 Å². The molecule has 0 amide bonds. The van der Waals surface area contributed by atoms with E-state index in [1.165, 1.54) is 29.5 Å². The Balaban J connectivity index is 2.66. The summed E-state index contributed by atoms with van der Waals surface area (Å²) >= 11 is 0. The third kappa shape index (κ3) is 1.48. The zero-order valence-electron chi connectivity index (χ0n) is 9.89. The first-order valence-corrected chi connectivity index (χ1v) is 5.43. The number of fused-ring (bicyclic) bond motifs is 1. The van der Waals surface area contributed by atoms with Crippen LogP contribution in [0, 0.1) is 6.92 Å². The number of benzene rings is 1. The molecule has 0 N–H and O–H groups in total. The number of hydrogen-bond acceptors (Lipinski definition) is 2. The zero-order valence-corrected chi connectivity index (χ0v) is 9.89. The Morgan fingerprint density at radius 1 is 1.27 bits per heavy atom. The summed E-state index contributed by atoms with van der Waals surface area (Å²) in [7, 11) is 3.42. The SMILES string of the molecule is COc1cc(C)c2c(c1OC)C(C)CC2. The fourth-order valence-electron chi connectivity index (χ4n) is 2.55. The third-order valence-electron chi connectivity index (χ3n) is 3.36. The van der Waals surface area contributed by atoms with Gasteiger partial charge in [0.25, 0.3) is 0 Å². The highest BCUT2D eigenvalue weighted by atomic mass is 16.5. The Kier molecular flexibility index (Phi) is 2.59. The molecule has 0 spiro atoms. The molecule has 0 aromatic heterocycles. The van der Waals surface area contributed by atoms with E-state index < -0.39 is 0 Å². The van der Waals surface area contributed by atoms with E-state index in [0.717, 1.165) is 11.5 Å². The van der Waals surface area contributed by atoms with Gasteiger partial charge in [-0.2, -0.15) is 0 Å². The maximum absolute atomic E-state index is 5.48. The molecule has 0 radical (unpaired) electrons. The van der Waals surface area contributed by atoms with Gasteiger partial charge >= 0.3 is 0 Å². The van der Waals surface area contributed by atoms with Crippen molar-refractivity contribution in [2.45, 2.75) is 32.6 Å². The molecule has 82 valence electrons. The van der Waals surface area contributed by atoms with E-state index in [2.05, 4.69) is 19.9 Å². The average Bonchev–Trinajstić information content (AvgIpc) is 2.61. The first-order chi connectivity index (χ1) is 7.19. The van der Waals surface area contributed by atoms with Crippen LogP contribution in [-0.4, -0.2) is 14.2 Å². The summed E-state index contributed by atoms with van der Waals surface area (Å²) in [6, 6.07) is 2.08. The highest BCUT2D eigenvalue weighted by Crippen LogP contribution is 2.45. The molecule has 1 aliphatic rings. The van der Waals surface area contributed by atoms with Crippen LogP contribution >= 0.6 is 0 Å². The van der Waals surface area contributed by atoms with Crippen molar-refractivity contribution in [1.82, 2.24) is 0 Å². The first kappa shape index (κ1) is 10.3. The summed E-state index contributed by atoms with van der Waals surface area (Å²) in [4.78, 5) is 0. The average molecular weight is 206 g/mol. The molecule has 0 heterocycles. The normalized spacial score (nSPS) is 18.8. The van der Waals surface area contributed by atoms with Crippen LogP contribution in [0.4, 0.5) is 0 Å². The summed E-state index contributed by atoms with van der Waals surface area (Å²) in [5, 5.41) is 0. The van der Waals surface area contributed by atoms with E-state index in [0.29, 0.717) is 5.92 Å². The van der Waals surface area contributed by atoms with Crippen LogP contribution in [-0.2, 0) is 6.42 Å². The molecule has 2 rings (SSSR count). The zero-order chi connectivity index (χ0) is 11.0. The van der Waals surface area contributed by atoms with Gasteiger partial charge in [-0.3, -0.25) is 0 Å². The maximum atomic E-state index is 5.48. The summed E-state index contributed by atoms with van der Waals surface area (Å²) in [6.07, 6.45) is 2.39. The van der Waals surface area contributed by atoms with Crippen molar-refractivity contribution in [2.75, 3.05) is 14.2 Å². The van der Waals surface area contributed by atoms with Crippen molar-refractivity contribution in [3.63, 3.8) is 0 Å². The highest BCUT2D eigenvalue weighted by molar-refractivity contribution is 5.57. The second-order valence-corrected chi connectivity index (χ2v) is 4.26.